The summed E-state index contributed by atoms with van der Waals surface area (Å²) in [6.45, 7) is 1.93. The number of aryl methyl sites for hydroxylation is 1. The molecular weight excluding hydrogens is 255 g/mol. The lowest BCUT2D eigenvalue weighted by atomic mass is 10.1. The van der Waals surface area contributed by atoms with Gasteiger partial charge in [0, 0.05) is 16.8 Å². The van der Waals surface area contributed by atoms with Crippen LogP contribution >= 0.6 is 0 Å². The Morgan fingerprint density at radius 3 is 2.70 bits per heavy atom. The van der Waals surface area contributed by atoms with Crippen molar-refractivity contribution < 1.29 is 4.39 Å². The zero-order valence-electron chi connectivity index (χ0n) is 10.9. The van der Waals surface area contributed by atoms with E-state index in [1.165, 1.54) is 12.1 Å². The average Bonchev–Trinajstić information content (AvgIpc) is 2.92. The summed E-state index contributed by atoms with van der Waals surface area (Å²) in [5.41, 5.74) is 9.04. The molecule has 0 bridgehead atoms. The molecule has 4 nitrogen and oxygen atoms in total. The van der Waals surface area contributed by atoms with Crippen molar-refractivity contribution in [2.75, 3.05) is 5.73 Å². The van der Waals surface area contributed by atoms with E-state index in [2.05, 4.69) is 15.2 Å². The van der Waals surface area contributed by atoms with E-state index in [9.17, 15) is 4.39 Å². The summed E-state index contributed by atoms with van der Waals surface area (Å²) >= 11 is 0. The number of hydrogen-bond donors (Lipinski definition) is 2. The van der Waals surface area contributed by atoms with Crippen LogP contribution in [0, 0.1) is 12.7 Å². The maximum atomic E-state index is 13.2. The van der Waals surface area contributed by atoms with Gasteiger partial charge in [0.05, 0.1) is 0 Å². The second kappa shape index (κ2) is 4.77. The summed E-state index contributed by atoms with van der Waals surface area (Å²) in [7, 11) is 0. The lowest BCUT2D eigenvalue weighted by molar-refractivity contribution is 0.628. The van der Waals surface area contributed by atoms with E-state index in [1.807, 2.05) is 25.1 Å². The molecule has 0 spiro atoms. The van der Waals surface area contributed by atoms with Crippen LogP contribution in [0.2, 0.25) is 0 Å². The van der Waals surface area contributed by atoms with E-state index in [0.717, 1.165) is 16.8 Å². The van der Waals surface area contributed by atoms with E-state index in [4.69, 9.17) is 5.73 Å². The van der Waals surface area contributed by atoms with Gasteiger partial charge in [-0.1, -0.05) is 12.1 Å². The van der Waals surface area contributed by atoms with Crippen LogP contribution in [0.1, 0.15) is 5.56 Å². The van der Waals surface area contributed by atoms with Crippen molar-refractivity contribution in [1.29, 1.82) is 0 Å². The highest BCUT2D eigenvalue weighted by Gasteiger charge is 2.09. The van der Waals surface area contributed by atoms with Crippen LogP contribution in [0.5, 0.6) is 0 Å². The molecule has 3 N–H and O–H groups in total. The molecule has 1 aromatic heterocycles. The monoisotopic (exact) mass is 268 g/mol. The summed E-state index contributed by atoms with van der Waals surface area (Å²) in [4.78, 5) is 4.39. The fourth-order valence-corrected chi connectivity index (χ4v) is 1.97. The van der Waals surface area contributed by atoms with E-state index >= 15 is 0 Å². The highest BCUT2D eigenvalue weighted by atomic mass is 19.1. The highest BCUT2D eigenvalue weighted by molar-refractivity contribution is 5.64. The van der Waals surface area contributed by atoms with Crippen molar-refractivity contribution in [2.45, 2.75) is 6.92 Å². The molecule has 0 amide bonds. The van der Waals surface area contributed by atoms with Gasteiger partial charge in [-0.05, 0) is 42.8 Å². The van der Waals surface area contributed by atoms with Gasteiger partial charge in [-0.3, -0.25) is 5.10 Å². The largest absolute Gasteiger partial charge is 0.399 e. The number of aromatic nitrogens is 3. The number of nitrogen functional groups attached to an aromatic ring is 1. The standard InChI is InChI=1S/C15H13FN4/c1-9-7-11(5-6-13(9)17)15-18-14(19-20-15)10-3-2-4-12(16)8-10/h2-8H,17H2,1H3,(H,18,19,20). The van der Waals surface area contributed by atoms with Crippen LogP contribution in [-0.4, -0.2) is 15.2 Å². The maximum Gasteiger partial charge on any atom is 0.181 e. The molecule has 0 aliphatic carbocycles. The van der Waals surface area contributed by atoms with Crippen molar-refractivity contribution in [1.82, 2.24) is 15.2 Å². The first-order valence-corrected chi connectivity index (χ1v) is 6.18. The van der Waals surface area contributed by atoms with Crippen molar-refractivity contribution in [3.05, 3.63) is 53.8 Å². The number of benzene rings is 2. The SMILES string of the molecule is Cc1cc(-c2nc(-c3cccc(F)c3)n[nH]2)ccc1N. The van der Waals surface area contributed by atoms with E-state index in [1.54, 1.807) is 12.1 Å². The molecule has 3 aromatic rings. The average molecular weight is 268 g/mol. The first-order chi connectivity index (χ1) is 9.63. The maximum absolute atomic E-state index is 13.2. The number of nitrogens with zero attached hydrogens (tertiary/aromatic N) is 2. The van der Waals surface area contributed by atoms with Gasteiger partial charge in [0.2, 0.25) is 0 Å². The number of anilines is 1. The summed E-state index contributed by atoms with van der Waals surface area (Å²) < 4.78 is 13.2. The Bertz CT molecular complexity index is 764. The fraction of sp³-hybridized carbons (Fsp3) is 0.0667. The molecule has 2 aromatic carbocycles. The molecular formula is C15H13FN4. The van der Waals surface area contributed by atoms with Gasteiger partial charge in [-0.25, -0.2) is 9.37 Å². The molecule has 0 atom stereocenters. The first kappa shape index (κ1) is 12.3. The number of halogens is 1. The molecule has 100 valence electrons. The van der Waals surface area contributed by atoms with Crippen LogP contribution in [0.3, 0.4) is 0 Å². The molecule has 0 aliphatic heterocycles. The summed E-state index contributed by atoms with van der Waals surface area (Å²) in [6, 6.07) is 11.8. The number of aromatic amines is 1. The lowest BCUT2D eigenvalue weighted by Gasteiger charge is -2.01. The van der Waals surface area contributed by atoms with Gasteiger partial charge in [-0.15, -0.1) is 0 Å². The number of rotatable bonds is 2. The smallest absolute Gasteiger partial charge is 0.181 e. The molecule has 1 heterocycles. The van der Waals surface area contributed by atoms with Gasteiger partial charge < -0.3 is 5.73 Å². The molecule has 5 heteroatoms. The number of H-pyrrole nitrogens is 1. The zero-order chi connectivity index (χ0) is 14.1. The third-order valence-corrected chi connectivity index (χ3v) is 3.11. The second-order valence-electron chi connectivity index (χ2n) is 4.59. The van der Waals surface area contributed by atoms with Gasteiger partial charge >= 0.3 is 0 Å². The minimum absolute atomic E-state index is 0.308. The predicted molar refractivity (Wildman–Crippen MR) is 76.4 cm³/mol. The van der Waals surface area contributed by atoms with Crippen molar-refractivity contribution in [2.24, 2.45) is 0 Å². The molecule has 0 unspecified atom stereocenters. The van der Waals surface area contributed by atoms with Gasteiger partial charge in [-0.2, -0.15) is 5.10 Å². The van der Waals surface area contributed by atoms with E-state index in [-0.39, 0.29) is 5.82 Å². The number of nitrogens with one attached hydrogen (secondary N) is 1. The minimum atomic E-state index is -0.308. The van der Waals surface area contributed by atoms with Crippen molar-refractivity contribution in [3.63, 3.8) is 0 Å². The number of hydrogen-bond acceptors (Lipinski definition) is 3. The zero-order valence-corrected chi connectivity index (χ0v) is 10.9. The van der Waals surface area contributed by atoms with Crippen LogP contribution in [-0.2, 0) is 0 Å². The second-order valence-corrected chi connectivity index (χ2v) is 4.59. The molecule has 3 rings (SSSR count). The molecule has 0 fully saturated rings. The summed E-state index contributed by atoms with van der Waals surface area (Å²) in [6.07, 6.45) is 0. The first-order valence-electron chi connectivity index (χ1n) is 6.18. The van der Waals surface area contributed by atoms with Crippen LogP contribution in [0.4, 0.5) is 10.1 Å². The Kier molecular flexibility index (Phi) is 2.95. The summed E-state index contributed by atoms with van der Waals surface area (Å²) in [5.74, 6) is 0.790. The normalized spacial score (nSPS) is 10.7. The van der Waals surface area contributed by atoms with Gasteiger partial charge in [0.25, 0.3) is 0 Å². The number of nitrogens with two attached hydrogens (primary N) is 1. The van der Waals surface area contributed by atoms with Crippen LogP contribution < -0.4 is 5.73 Å². The molecule has 0 aliphatic rings. The topological polar surface area (TPSA) is 67.6 Å². The highest BCUT2D eigenvalue weighted by Crippen LogP contribution is 2.23. The summed E-state index contributed by atoms with van der Waals surface area (Å²) in [5, 5.41) is 6.98. The fourth-order valence-electron chi connectivity index (χ4n) is 1.97. The van der Waals surface area contributed by atoms with Crippen LogP contribution in [0.15, 0.2) is 42.5 Å². The third kappa shape index (κ3) is 2.25. The Balaban J connectivity index is 1.99. The quantitative estimate of drug-likeness (QED) is 0.701. The minimum Gasteiger partial charge on any atom is -0.399 e. The van der Waals surface area contributed by atoms with E-state index < -0.39 is 0 Å². The Morgan fingerprint density at radius 1 is 1.10 bits per heavy atom. The molecule has 0 saturated heterocycles. The third-order valence-electron chi connectivity index (χ3n) is 3.11. The van der Waals surface area contributed by atoms with Crippen molar-refractivity contribution >= 4 is 5.69 Å². The predicted octanol–water partition coefficient (Wildman–Crippen LogP) is 3.17. The van der Waals surface area contributed by atoms with E-state index in [0.29, 0.717) is 17.2 Å². The lowest BCUT2D eigenvalue weighted by Crippen LogP contribution is -1.90. The Labute approximate surface area is 115 Å². The van der Waals surface area contributed by atoms with Crippen LogP contribution in [0.25, 0.3) is 22.8 Å². The van der Waals surface area contributed by atoms with Gasteiger partial charge in [0.15, 0.2) is 11.6 Å². The molecule has 0 radical (unpaired) electrons. The molecule has 0 saturated carbocycles. The van der Waals surface area contributed by atoms with Gasteiger partial charge in [0.1, 0.15) is 5.82 Å². The Hall–Kier alpha value is -2.69. The molecule has 20 heavy (non-hydrogen) atoms. The Morgan fingerprint density at radius 2 is 1.95 bits per heavy atom. The van der Waals surface area contributed by atoms with Crippen molar-refractivity contribution in [3.8, 4) is 22.8 Å².